The summed E-state index contributed by atoms with van der Waals surface area (Å²) in [6.45, 7) is 0.536. The molecular formula is C19H14ClN5O4. The van der Waals surface area contributed by atoms with Crippen LogP contribution in [0.3, 0.4) is 0 Å². The van der Waals surface area contributed by atoms with E-state index in [1.165, 1.54) is 27.8 Å². The molecule has 0 spiro atoms. The van der Waals surface area contributed by atoms with Crippen LogP contribution in [0, 0.1) is 10.1 Å². The molecule has 4 aromatic rings. The van der Waals surface area contributed by atoms with E-state index in [1.807, 2.05) is 0 Å². The number of nitro benzene ring substituents is 1. The highest BCUT2D eigenvalue weighted by Gasteiger charge is 2.19. The van der Waals surface area contributed by atoms with Gasteiger partial charge in [0.25, 0.3) is 11.2 Å². The molecule has 10 heteroatoms. The van der Waals surface area contributed by atoms with E-state index in [2.05, 4.69) is 10.1 Å². The predicted molar refractivity (Wildman–Crippen MR) is 107 cm³/mol. The maximum atomic E-state index is 12.7. The average Bonchev–Trinajstić information content (AvgIpc) is 3.16. The first-order valence-corrected chi connectivity index (χ1v) is 8.98. The SMILES string of the molecule is O=c1c2cnn(-c3ccccc3[N+](=O)[O-])c2ncn1CCOc1ccc(Cl)cc1. The summed E-state index contributed by atoms with van der Waals surface area (Å²) in [5.74, 6) is 0.640. The molecular weight excluding hydrogens is 398 g/mol. The Balaban J connectivity index is 1.60. The van der Waals surface area contributed by atoms with Gasteiger partial charge in [-0.2, -0.15) is 5.10 Å². The zero-order chi connectivity index (χ0) is 20.4. The van der Waals surface area contributed by atoms with Gasteiger partial charge in [-0.1, -0.05) is 23.7 Å². The highest BCUT2D eigenvalue weighted by atomic mass is 35.5. The molecule has 0 aliphatic heterocycles. The van der Waals surface area contributed by atoms with Crippen LogP contribution in [0.4, 0.5) is 5.69 Å². The number of para-hydroxylation sites is 2. The molecule has 2 aromatic carbocycles. The summed E-state index contributed by atoms with van der Waals surface area (Å²) in [5.41, 5.74) is 0.0572. The molecule has 0 fully saturated rings. The number of nitro groups is 1. The van der Waals surface area contributed by atoms with Gasteiger partial charge in [-0.25, -0.2) is 9.67 Å². The third-order valence-corrected chi connectivity index (χ3v) is 4.53. The number of rotatable bonds is 6. The molecule has 0 unspecified atom stereocenters. The molecule has 146 valence electrons. The minimum Gasteiger partial charge on any atom is -0.492 e. The Labute approximate surface area is 168 Å². The first-order chi connectivity index (χ1) is 14.0. The molecule has 0 aliphatic rings. The van der Waals surface area contributed by atoms with Crippen LogP contribution >= 0.6 is 11.6 Å². The number of ether oxygens (including phenoxy) is 1. The molecule has 0 amide bonds. The van der Waals surface area contributed by atoms with Gasteiger partial charge in [0.05, 0.1) is 17.7 Å². The Morgan fingerprint density at radius 1 is 1.14 bits per heavy atom. The Morgan fingerprint density at radius 3 is 2.66 bits per heavy atom. The first-order valence-electron chi connectivity index (χ1n) is 8.60. The topological polar surface area (TPSA) is 105 Å². The van der Waals surface area contributed by atoms with Crippen LogP contribution in [0.2, 0.25) is 5.02 Å². The van der Waals surface area contributed by atoms with Crippen molar-refractivity contribution in [2.24, 2.45) is 0 Å². The maximum absolute atomic E-state index is 12.7. The molecule has 0 radical (unpaired) electrons. The smallest absolute Gasteiger partial charge is 0.294 e. The number of nitrogens with zero attached hydrogens (tertiary/aromatic N) is 5. The molecule has 4 rings (SSSR count). The Morgan fingerprint density at radius 2 is 1.90 bits per heavy atom. The third-order valence-electron chi connectivity index (χ3n) is 4.28. The van der Waals surface area contributed by atoms with Crippen molar-refractivity contribution in [3.8, 4) is 11.4 Å². The third kappa shape index (κ3) is 3.67. The summed E-state index contributed by atoms with van der Waals surface area (Å²) in [6, 6.07) is 13.1. The normalized spacial score (nSPS) is 10.9. The van der Waals surface area contributed by atoms with Crippen LogP contribution in [0.5, 0.6) is 5.75 Å². The van der Waals surface area contributed by atoms with Crippen LogP contribution in [-0.2, 0) is 6.54 Å². The zero-order valence-corrected chi connectivity index (χ0v) is 15.7. The lowest BCUT2D eigenvalue weighted by molar-refractivity contribution is -0.384. The highest BCUT2D eigenvalue weighted by Crippen LogP contribution is 2.23. The molecule has 9 nitrogen and oxygen atoms in total. The predicted octanol–water partition coefficient (Wildman–Crippen LogP) is 3.22. The van der Waals surface area contributed by atoms with Gasteiger partial charge in [0, 0.05) is 11.1 Å². The van der Waals surface area contributed by atoms with Crippen molar-refractivity contribution in [2.75, 3.05) is 6.61 Å². The molecule has 2 aromatic heterocycles. The van der Waals surface area contributed by atoms with Gasteiger partial charge in [0.1, 0.15) is 29.8 Å². The van der Waals surface area contributed by atoms with Crippen LogP contribution in [0.1, 0.15) is 0 Å². The molecule has 29 heavy (non-hydrogen) atoms. The molecule has 0 N–H and O–H groups in total. The van der Waals surface area contributed by atoms with Crippen molar-refractivity contribution in [3.05, 3.63) is 86.5 Å². The summed E-state index contributed by atoms with van der Waals surface area (Å²) in [6.07, 6.45) is 2.74. The van der Waals surface area contributed by atoms with E-state index in [9.17, 15) is 14.9 Å². The summed E-state index contributed by atoms with van der Waals surface area (Å²) in [4.78, 5) is 27.8. The number of fused-ring (bicyclic) bond motifs is 1. The Hall–Kier alpha value is -3.72. The second-order valence-corrected chi connectivity index (χ2v) is 6.52. The van der Waals surface area contributed by atoms with Crippen molar-refractivity contribution in [1.29, 1.82) is 0 Å². The molecule has 0 aliphatic carbocycles. The van der Waals surface area contributed by atoms with E-state index in [4.69, 9.17) is 16.3 Å². The van der Waals surface area contributed by atoms with Gasteiger partial charge in [-0.05, 0) is 30.3 Å². The standard InChI is InChI=1S/C19H14ClN5O4/c20-13-5-7-14(8-6-13)29-10-9-23-12-21-18-15(19(23)26)11-22-24(18)16-3-1-2-4-17(16)25(27)28/h1-8,11-12H,9-10H2. The number of hydrogen-bond donors (Lipinski definition) is 0. The van der Waals surface area contributed by atoms with Crippen LogP contribution in [-0.4, -0.2) is 30.9 Å². The summed E-state index contributed by atoms with van der Waals surface area (Å²) >= 11 is 5.84. The number of benzene rings is 2. The van der Waals surface area contributed by atoms with E-state index >= 15 is 0 Å². The minimum atomic E-state index is -0.502. The molecule has 0 atom stereocenters. The summed E-state index contributed by atoms with van der Waals surface area (Å²) in [7, 11) is 0. The molecule has 2 heterocycles. The van der Waals surface area contributed by atoms with Crippen molar-refractivity contribution in [3.63, 3.8) is 0 Å². The maximum Gasteiger partial charge on any atom is 0.294 e. The molecule has 0 saturated heterocycles. The average molecular weight is 412 g/mol. The fourth-order valence-corrected chi connectivity index (χ4v) is 3.00. The first kappa shape index (κ1) is 18.6. The second kappa shape index (κ2) is 7.72. The largest absolute Gasteiger partial charge is 0.492 e. The van der Waals surface area contributed by atoms with Crippen LogP contribution in [0.15, 0.2) is 65.8 Å². The van der Waals surface area contributed by atoms with Crippen molar-refractivity contribution in [2.45, 2.75) is 6.54 Å². The van der Waals surface area contributed by atoms with Crippen molar-refractivity contribution in [1.82, 2.24) is 19.3 Å². The fraction of sp³-hybridized carbons (Fsp3) is 0.105. The quantitative estimate of drug-likeness (QED) is 0.356. The number of hydrogen-bond acceptors (Lipinski definition) is 6. The van der Waals surface area contributed by atoms with E-state index in [-0.39, 0.29) is 41.1 Å². The summed E-state index contributed by atoms with van der Waals surface area (Å²) in [5, 5.41) is 16.3. The van der Waals surface area contributed by atoms with Gasteiger partial charge < -0.3 is 4.74 Å². The van der Waals surface area contributed by atoms with Crippen molar-refractivity contribution < 1.29 is 9.66 Å². The minimum absolute atomic E-state index is 0.125. The van der Waals surface area contributed by atoms with E-state index in [0.717, 1.165) is 0 Å². The Kier molecular flexibility index (Phi) is 4.96. The number of halogens is 1. The highest BCUT2D eigenvalue weighted by molar-refractivity contribution is 6.30. The fourth-order valence-electron chi connectivity index (χ4n) is 2.87. The number of aromatic nitrogens is 4. The zero-order valence-electron chi connectivity index (χ0n) is 14.9. The van der Waals surface area contributed by atoms with Gasteiger partial charge >= 0.3 is 0 Å². The second-order valence-electron chi connectivity index (χ2n) is 6.08. The van der Waals surface area contributed by atoms with E-state index in [1.54, 1.807) is 42.5 Å². The lowest BCUT2D eigenvalue weighted by Gasteiger charge is -2.08. The van der Waals surface area contributed by atoms with Crippen LogP contribution < -0.4 is 10.3 Å². The lowest BCUT2D eigenvalue weighted by atomic mass is 10.2. The monoisotopic (exact) mass is 411 g/mol. The molecule has 0 bridgehead atoms. The van der Waals surface area contributed by atoms with E-state index in [0.29, 0.717) is 10.8 Å². The van der Waals surface area contributed by atoms with Gasteiger partial charge in [0.15, 0.2) is 5.65 Å². The van der Waals surface area contributed by atoms with E-state index < -0.39 is 4.92 Å². The van der Waals surface area contributed by atoms with Crippen LogP contribution in [0.25, 0.3) is 16.7 Å². The summed E-state index contributed by atoms with van der Waals surface area (Å²) < 4.78 is 8.31. The van der Waals surface area contributed by atoms with Gasteiger partial charge in [-0.3, -0.25) is 19.5 Å². The van der Waals surface area contributed by atoms with Crippen molar-refractivity contribution >= 4 is 28.3 Å². The lowest BCUT2D eigenvalue weighted by Crippen LogP contribution is -2.23. The van der Waals surface area contributed by atoms with Gasteiger partial charge in [0.2, 0.25) is 0 Å². The van der Waals surface area contributed by atoms with Gasteiger partial charge in [-0.15, -0.1) is 0 Å². The Bertz CT molecular complexity index is 1250. The molecule has 0 saturated carbocycles.